The van der Waals surface area contributed by atoms with Crippen molar-refractivity contribution in [2.75, 3.05) is 14.7 Å². The molecule has 0 aliphatic carbocycles. The van der Waals surface area contributed by atoms with Gasteiger partial charge in [0.1, 0.15) is 0 Å². The Balaban J connectivity index is 1.11. The average Bonchev–Trinajstić information content (AvgIpc) is 3.35. The van der Waals surface area contributed by atoms with Gasteiger partial charge < -0.3 is 14.7 Å². The first-order valence-corrected chi connectivity index (χ1v) is 21.2. The number of fused-ring (bicyclic) bond motifs is 13. The normalized spacial score (nSPS) is 12.8. The molecule has 8 heteroatoms. The molecular formula is C56H38N8. The molecule has 0 atom stereocenters. The summed E-state index contributed by atoms with van der Waals surface area (Å²) in [5.41, 5.74) is 15.1. The Morgan fingerprint density at radius 1 is 0.406 bits per heavy atom. The lowest BCUT2D eigenvalue weighted by molar-refractivity contribution is 1.18. The molecule has 6 bridgehead atoms. The van der Waals surface area contributed by atoms with Crippen molar-refractivity contribution in [2.45, 2.75) is 6.92 Å². The van der Waals surface area contributed by atoms with E-state index in [1.807, 2.05) is 55.3 Å². The van der Waals surface area contributed by atoms with Gasteiger partial charge in [-0.2, -0.15) is 0 Å². The van der Waals surface area contributed by atoms with Crippen molar-refractivity contribution < 1.29 is 0 Å². The van der Waals surface area contributed by atoms with Crippen molar-refractivity contribution in [3.05, 3.63) is 218 Å². The van der Waals surface area contributed by atoms with Crippen LogP contribution >= 0.6 is 0 Å². The van der Waals surface area contributed by atoms with E-state index >= 15 is 0 Å². The number of nitrogens with zero attached hydrogens (tertiary/aromatic N) is 8. The molecular weight excluding hydrogens is 785 g/mol. The third-order valence-corrected chi connectivity index (χ3v) is 12.2. The largest absolute Gasteiger partial charge is 0.310 e. The Labute approximate surface area is 369 Å². The van der Waals surface area contributed by atoms with Gasteiger partial charge in [-0.15, -0.1) is 0 Å². The number of aromatic nitrogens is 5. The first kappa shape index (κ1) is 37.0. The van der Waals surface area contributed by atoms with E-state index in [0.717, 1.165) is 117 Å². The Bertz CT molecular complexity index is 3520. The highest BCUT2D eigenvalue weighted by molar-refractivity contribution is 6.05. The first-order valence-electron chi connectivity index (χ1n) is 21.2. The highest BCUT2D eigenvalue weighted by Gasteiger charge is 2.24. The molecule has 12 rings (SSSR count). The predicted octanol–water partition coefficient (Wildman–Crippen LogP) is 14.4. The lowest BCUT2D eigenvalue weighted by atomic mass is 10.0. The third-order valence-electron chi connectivity index (χ3n) is 12.2. The highest BCUT2D eigenvalue weighted by atomic mass is 15.2. The molecule has 0 N–H and O–H groups in total. The molecule has 5 aromatic heterocycles. The smallest absolute Gasteiger partial charge is 0.0966 e. The van der Waals surface area contributed by atoms with E-state index in [2.05, 4.69) is 174 Å². The fourth-order valence-corrected chi connectivity index (χ4v) is 9.19. The molecule has 0 fully saturated rings. The van der Waals surface area contributed by atoms with Crippen molar-refractivity contribution in [1.82, 2.24) is 24.9 Å². The van der Waals surface area contributed by atoms with E-state index in [9.17, 15) is 0 Å². The molecule has 0 spiro atoms. The van der Waals surface area contributed by atoms with Gasteiger partial charge in [-0.25, -0.2) is 0 Å². The maximum atomic E-state index is 5.09. The zero-order chi connectivity index (χ0) is 42.7. The molecule has 6 aromatic carbocycles. The van der Waals surface area contributed by atoms with Crippen molar-refractivity contribution in [3.8, 4) is 0 Å². The van der Waals surface area contributed by atoms with Crippen LogP contribution in [0.5, 0.6) is 0 Å². The fraction of sp³-hybridized carbons (Fsp3) is 0.0179. The van der Waals surface area contributed by atoms with E-state index in [1.165, 1.54) is 0 Å². The average molecular weight is 823 g/mol. The zero-order valence-electron chi connectivity index (χ0n) is 34.8. The molecule has 0 saturated carbocycles. The number of hydrogen-bond donors (Lipinski definition) is 0. The van der Waals surface area contributed by atoms with Crippen LogP contribution in [0.25, 0.3) is 60.6 Å². The fourth-order valence-electron chi connectivity index (χ4n) is 9.19. The van der Waals surface area contributed by atoms with E-state index in [0.29, 0.717) is 0 Å². The molecule has 64 heavy (non-hydrogen) atoms. The molecule has 0 saturated heterocycles. The number of anilines is 8. The van der Waals surface area contributed by atoms with Crippen LogP contribution in [0.3, 0.4) is 0 Å². The van der Waals surface area contributed by atoms with Crippen LogP contribution in [0.2, 0.25) is 0 Å². The molecule has 1 aliphatic rings. The van der Waals surface area contributed by atoms with Crippen molar-refractivity contribution in [3.63, 3.8) is 0 Å². The van der Waals surface area contributed by atoms with Crippen LogP contribution < -0.4 is 14.7 Å². The van der Waals surface area contributed by atoms with Gasteiger partial charge in [-0.3, -0.25) is 24.9 Å². The minimum Gasteiger partial charge on any atom is -0.310 e. The van der Waals surface area contributed by atoms with Gasteiger partial charge >= 0.3 is 0 Å². The van der Waals surface area contributed by atoms with Crippen LogP contribution in [0.1, 0.15) is 11.1 Å². The molecule has 0 amide bonds. The van der Waals surface area contributed by atoms with Crippen molar-refractivity contribution in [1.29, 1.82) is 0 Å². The molecule has 11 aromatic rings. The van der Waals surface area contributed by atoms with Crippen molar-refractivity contribution in [2.24, 2.45) is 0 Å². The summed E-state index contributed by atoms with van der Waals surface area (Å²) >= 11 is 0. The van der Waals surface area contributed by atoms with Crippen LogP contribution in [-0.2, 0) is 0 Å². The van der Waals surface area contributed by atoms with Gasteiger partial charge in [0.05, 0.1) is 51.4 Å². The van der Waals surface area contributed by atoms with Gasteiger partial charge in [-0.05, 0) is 115 Å². The Hall–Kier alpha value is -8.75. The first-order chi connectivity index (χ1) is 31.6. The Kier molecular flexibility index (Phi) is 8.69. The topological polar surface area (TPSA) is 74.2 Å². The second-order valence-corrected chi connectivity index (χ2v) is 16.0. The molecule has 302 valence electrons. The second-order valence-electron chi connectivity index (χ2n) is 16.0. The number of rotatable bonds is 5. The van der Waals surface area contributed by atoms with Crippen LogP contribution in [0, 0.1) is 6.92 Å². The van der Waals surface area contributed by atoms with Gasteiger partial charge in [0, 0.05) is 85.3 Å². The molecule has 6 heterocycles. The number of aryl methyl sites for hydroxylation is 1. The SMILES string of the molecule is C=C/C(=C\c1ccc2cccnc2c1C)N1c2cccc(c2)N(c2cnc3c(ccc4cccnc43)c2)c2cccc(c2)N(c2cnc3c(ccc4cccnc43)c2)c2cccc1c2. The molecule has 8 nitrogen and oxygen atoms in total. The number of benzene rings is 6. The summed E-state index contributed by atoms with van der Waals surface area (Å²) in [6.07, 6.45) is 13.6. The van der Waals surface area contributed by atoms with E-state index in [-0.39, 0.29) is 0 Å². The lowest BCUT2D eigenvalue weighted by Crippen LogP contribution is -2.19. The molecule has 0 radical (unpaired) electrons. The minimum absolute atomic E-state index is 0.862. The monoisotopic (exact) mass is 822 g/mol. The van der Waals surface area contributed by atoms with Crippen LogP contribution in [0.4, 0.5) is 45.5 Å². The zero-order valence-corrected chi connectivity index (χ0v) is 34.8. The van der Waals surface area contributed by atoms with Crippen molar-refractivity contribution >= 4 is 106 Å². The summed E-state index contributed by atoms with van der Waals surface area (Å²) in [4.78, 5) is 31.2. The van der Waals surface area contributed by atoms with Crippen LogP contribution in [-0.4, -0.2) is 24.9 Å². The second kappa shape index (κ2) is 15.0. The van der Waals surface area contributed by atoms with Gasteiger partial charge in [-0.1, -0.05) is 79.4 Å². The summed E-state index contributed by atoms with van der Waals surface area (Å²) < 4.78 is 0. The van der Waals surface area contributed by atoms with E-state index in [1.54, 1.807) is 0 Å². The van der Waals surface area contributed by atoms with E-state index < -0.39 is 0 Å². The highest BCUT2D eigenvalue weighted by Crippen LogP contribution is 2.45. The summed E-state index contributed by atoms with van der Waals surface area (Å²) in [5, 5.41) is 5.22. The molecule has 0 unspecified atom stereocenters. The van der Waals surface area contributed by atoms with Gasteiger partial charge in [0.2, 0.25) is 0 Å². The number of allylic oxidation sites excluding steroid dienone is 1. The minimum atomic E-state index is 0.862. The summed E-state index contributed by atoms with van der Waals surface area (Å²) in [5.74, 6) is 0. The summed E-state index contributed by atoms with van der Waals surface area (Å²) in [6, 6.07) is 55.4. The summed E-state index contributed by atoms with van der Waals surface area (Å²) in [6.45, 7) is 6.54. The lowest BCUT2D eigenvalue weighted by Gasteiger charge is -2.33. The van der Waals surface area contributed by atoms with Gasteiger partial charge in [0.25, 0.3) is 0 Å². The summed E-state index contributed by atoms with van der Waals surface area (Å²) in [7, 11) is 0. The predicted molar refractivity (Wildman–Crippen MR) is 264 cm³/mol. The van der Waals surface area contributed by atoms with E-state index in [4.69, 9.17) is 24.9 Å². The third kappa shape index (κ3) is 6.19. The molecule has 1 aliphatic heterocycles. The number of hydrogen-bond acceptors (Lipinski definition) is 8. The Morgan fingerprint density at radius 2 is 0.812 bits per heavy atom. The number of pyridine rings is 5. The van der Waals surface area contributed by atoms with Crippen LogP contribution in [0.15, 0.2) is 207 Å². The Morgan fingerprint density at radius 3 is 1.31 bits per heavy atom. The van der Waals surface area contributed by atoms with Gasteiger partial charge in [0.15, 0.2) is 0 Å². The maximum Gasteiger partial charge on any atom is 0.0966 e. The standard InChI is InChI=1S/C56H38N8/c1-3-43(28-40-22-19-37-10-7-25-57-52(37)36(40)2)62-44-13-4-15-46(31-44)63(50-29-41-23-20-38-11-8-26-58-53(38)55(41)60-34-50)48-17-6-18-49(33-48)64(47-16-5-14-45(62)32-47)51-30-42-24-21-39-12-9-27-59-54(39)56(42)61-35-51/h3-35H,1H2,2H3/b43-28+. The quantitative estimate of drug-likeness (QED) is 0.126. The maximum absolute atomic E-state index is 5.09.